The molecule has 4 aromatic rings. The quantitative estimate of drug-likeness (QED) is 0.530. The molecule has 128 valence electrons. The van der Waals surface area contributed by atoms with E-state index >= 15 is 0 Å². The van der Waals surface area contributed by atoms with Crippen molar-refractivity contribution in [3.05, 3.63) is 112 Å². The normalized spacial score (nSPS) is 10.8. The van der Waals surface area contributed by atoms with Gasteiger partial charge in [-0.3, -0.25) is 4.79 Å². The first-order chi connectivity index (χ1) is 12.8. The summed E-state index contributed by atoms with van der Waals surface area (Å²) in [5.74, 6) is 0.722. The Morgan fingerprint density at radius 1 is 0.692 bits per heavy atom. The van der Waals surface area contributed by atoms with Crippen molar-refractivity contribution in [3.63, 3.8) is 0 Å². The van der Waals surface area contributed by atoms with Crippen LogP contribution in [0.15, 0.2) is 95.8 Å². The summed E-state index contributed by atoms with van der Waals surface area (Å²) < 4.78 is 7.86. The first-order valence-corrected chi connectivity index (χ1v) is 8.64. The number of aromatic nitrogens is 1. The second-order valence-electron chi connectivity index (χ2n) is 6.21. The van der Waals surface area contributed by atoms with Crippen LogP contribution < -0.4 is 10.3 Å². The highest BCUT2D eigenvalue weighted by Gasteiger charge is 2.10. The maximum Gasteiger partial charge on any atom is 0.251 e. The Kier molecular flexibility index (Phi) is 4.52. The minimum Gasteiger partial charge on any atom is -0.487 e. The van der Waals surface area contributed by atoms with Gasteiger partial charge in [0.2, 0.25) is 0 Å². The van der Waals surface area contributed by atoms with E-state index in [1.165, 1.54) is 0 Å². The minimum absolute atomic E-state index is 0.0304. The van der Waals surface area contributed by atoms with E-state index < -0.39 is 0 Å². The molecule has 3 heteroatoms. The van der Waals surface area contributed by atoms with E-state index in [0.717, 1.165) is 27.8 Å². The highest BCUT2D eigenvalue weighted by molar-refractivity contribution is 5.85. The molecule has 0 aliphatic carbocycles. The van der Waals surface area contributed by atoms with Gasteiger partial charge in [0.1, 0.15) is 12.4 Å². The number of rotatable bonds is 5. The molecule has 26 heavy (non-hydrogen) atoms. The smallest absolute Gasteiger partial charge is 0.251 e. The van der Waals surface area contributed by atoms with Gasteiger partial charge in [-0.25, -0.2) is 0 Å². The van der Waals surface area contributed by atoms with Crippen LogP contribution in [-0.4, -0.2) is 4.57 Å². The minimum atomic E-state index is -0.0304. The molecule has 0 aliphatic rings. The molecule has 3 nitrogen and oxygen atoms in total. The second-order valence-corrected chi connectivity index (χ2v) is 6.21. The zero-order valence-electron chi connectivity index (χ0n) is 14.3. The van der Waals surface area contributed by atoms with Crippen LogP contribution in [0.1, 0.15) is 11.1 Å². The molecular formula is C23H19NO2. The standard InChI is InChI=1S/C23H19NO2/c25-22-15-14-20-12-7-13-21(26-17-19-10-5-2-6-11-19)23(20)24(22)16-18-8-3-1-4-9-18/h1-15H,16-17H2. The molecule has 0 atom stereocenters. The van der Waals surface area contributed by atoms with E-state index in [2.05, 4.69) is 0 Å². The third-order valence-corrected chi connectivity index (χ3v) is 4.39. The summed E-state index contributed by atoms with van der Waals surface area (Å²) in [4.78, 5) is 12.6. The highest BCUT2D eigenvalue weighted by atomic mass is 16.5. The van der Waals surface area contributed by atoms with Gasteiger partial charge in [-0.2, -0.15) is 0 Å². The average molecular weight is 341 g/mol. The number of pyridine rings is 1. The third kappa shape index (κ3) is 3.38. The van der Waals surface area contributed by atoms with Crippen LogP contribution in [-0.2, 0) is 13.2 Å². The lowest BCUT2D eigenvalue weighted by Crippen LogP contribution is -2.20. The number of benzene rings is 3. The maximum absolute atomic E-state index is 12.6. The van der Waals surface area contributed by atoms with Crippen LogP contribution in [0.3, 0.4) is 0 Å². The van der Waals surface area contributed by atoms with Crippen molar-refractivity contribution in [2.45, 2.75) is 13.2 Å². The summed E-state index contributed by atoms with van der Waals surface area (Å²) >= 11 is 0. The Balaban J connectivity index is 1.76. The van der Waals surface area contributed by atoms with Gasteiger partial charge in [-0.15, -0.1) is 0 Å². The number of hydrogen-bond acceptors (Lipinski definition) is 2. The van der Waals surface area contributed by atoms with Crippen molar-refractivity contribution in [2.75, 3.05) is 0 Å². The fraction of sp³-hybridized carbons (Fsp3) is 0.0870. The molecule has 0 amide bonds. The SMILES string of the molecule is O=c1ccc2cccc(OCc3ccccc3)c2n1Cc1ccccc1. The molecule has 1 heterocycles. The van der Waals surface area contributed by atoms with Gasteiger partial charge < -0.3 is 9.30 Å². The summed E-state index contributed by atoms with van der Waals surface area (Å²) in [6, 6.07) is 29.4. The summed E-state index contributed by atoms with van der Waals surface area (Å²) in [5, 5.41) is 0.992. The zero-order chi connectivity index (χ0) is 17.8. The first-order valence-electron chi connectivity index (χ1n) is 8.64. The Morgan fingerprint density at radius 2 is 1.38 bits per heavy atom. The maximum atomic E-state index is 12.6. The van der Waals surface area contributed by atoms with Crippen molar-refractivity contribution >= 4 is 10.9 Å². The van der Waals surface area contributed by atoms with Crippen LogP contribution in [0.4, 0.5) is 0 Å². The fourth-order valence-corrected chi connectivity index (χ4v) is 3.10. The van der Waals surface area contributed by atoms with Gasteiger partial charge in [0.05, 0.1) is 12.1 Å². The summed E-state index contributed by atoms with van der Waals surface area (Å²) in [6.07, 6.45) is 0. The van der Waals surface area contributed by atoms with Crippen molar-refractivity contribution in [1.82, 2.24) is 4.57 Å². The Morgan fingerprint density at radius 3 is 2.12 bits per heavy atom. The molecule has 0 radical (unpaired) electrons. The molecule has 0 saturated carbocycles. The lowest BCUT2D eigenvalue weighted by Gasteiger charge is -2.15. The molecule has 0 unspecified atom stereocenters. The van der Waals surface area contributed by atoms with Crippen molar-refractivity contribution < 1.29 is 4.74 Å². The number of para-hydroxylation sites is 1. The highest BCUT2D eigenvalue weighted by Crippen LogP contribution is 2.26. The molecular weight excluding hydrogens is 322 g/mol. The molecule has 0 bridgehead atoms. The van der Waals surface area contributed by atoms with E-state index in [1.54, 1.807) is 10.6 Å². The summed E-state index contributed by atoms with van der Waals surface area (Å²) in [6.45, 7) is 0.983. The first kappa shape index (κ1) is 16.2. The summed E-state index contributed by atoms with van der Waals surface area (Å²) in [7, 11) is 0. The topological polar surface area (TPSA) is 31.2 Å². The van der Waals surface area contributed by atoms with Gasteiger partial charge in [0.15, 0.2) is 0 Å². The molecule has 3 aromatic carbocycles. The van der Waals surface area contributed by atoms with Crippen molar-refractivity contribution in [1.29, 1.82) is 0 Å². The van der Waals surface area contributed by atoms with Crippen LogP contribution in [0.25, 0.3) is 10.9 Å². The molecule has 0 N–H and O–H groups in total. The average Bonchev–Trinajstić information content (AvgIpc) is 2.70. The van der Waals surface area contributed by atoms with E-state index in [9.17, 15) is 4.79 Å². The van der Waals surface area contributed by atoms with Crippen LogP contribution >= 0.6 is 0 Å². The van der Waals surface area contributed by atoms with E-state index in [0.29, 0.717) is 13.2 Å². The Hall–Kier alpha value is -3.33. The largest absolute Gasteiger partial charge is 0.487 e. The number of hydrogen-bond donors (Lipinski definition) is 0. The Labute approximate surface area is 152 Å². The van der Waals surface area contributed by atoms with Crippen molar-refractivity contribution in [3.8, 4) is 5.75 Å². The van der Waals surface area contributed by atoms with Gasteiger partial charge in [0, 0.05) is 11.5 Å². The van der Waals surface area contributed by atoms with Gasteiger partial charge in [-0.05, 0) is 23.3 Å². The summed E-state index contributed by atoms with van der Waals surface area (Å²) in [5.41, 5.74) is 2.98. The molecule has 0 fully saturated rings. The molecule has 1 aromatic heterocycles. The van der Waals surface area contributed by atoms with E-state index in [1.807, 2.05) is 84.9 Å². The van der Waals surface area contributed by atoms with E-state index in [-0.39, 0.29) is 5.56 Å². The van der Waals surface area contributed by atoms with Crippen LogP contribution in [0.5, 0.6) is 5.75 Å². The van der Waals surface area contributed by atoms with Crippen LogP contribution in [0, 0.1) is 0 Å². The van der Waals surface area contributed by atoms with Gasteiger partial charge in [0.25, 0.3) is 5.56 Å². The van der Waals surface area contributed by atoms with Crippen molar-refractivity contribution in [2.24, 2.45) is 0 Å². The monoisotopic (exact) mass is 341 g/mol. The number of nitrogens with zero attached hydrogens (tertiary/aromatic N) is 1. The predicted molar refractivity (Wildman–Crippen MR) is 105 cm³/mol. The van der Waals surface area contributed by atoms with E-state index in [4.69, 9.17) is 4.74 Å². The Bertz CT molecular complexity index is 1070. The second kappa shape index (κ2) is 7.28. The lowest BCUT2D eigenvalue weighted by atomic mass is 10.1. The lowest BCUT2D eigenvalue weighted by molar-refractivity contribution is 0.308. The molecule has 0 spiro atoms. The molecule has 4 rings (SSSR count). The number of fused-ring (bicyclic) bond motifs is 1. The number of ether oxygens (including phenoxy) is 1. The fourth-order valence-electron chi connectivity index (χ4n) is 3.10. The van der Waals surface area contributed by atoms with Gasteiger partial charge >= 0.3 is 0 Å². The zero-order valence-corrected chi connectivity index (χ0v) is 14.3. The van der Waals surface area contributed by atoms with Gasteiger partial charge in [-0.1, -0.05) is 72.8 Å². The van der Waals surface area contributed by atoms with Crippen LogP contribution in [0.2, 0.25) is 0 Å². The molecule has 0 aliphatic heterocycles. The predicted octanol–water partition coefficient (Wildman–Crippen LogP) is 4.63. The third-order valence-electron chi connectivity index (χ3n) is 4.39. The molecule has 0 saturated heterocycles.